The average molecular weight is 196 g/mol. The van der Waals surface area contributed by atoms with E-state index in [-0.39, 0.29) is 4.90 Å². The molecule has 0 aliphatic carbocycles. The van der Waals surface area contributed by atoms with Crippen LogP contribution in [0, 0.1) is 5.21 Å². The van der Waals surface area contributed by atoms with Crippen LogP contribution in [-0.2, 0) is 0 Å². The summed E-state index contributed by atoms with van der Waals surface area (Å²) in [4.78, 5) is 15.0. The van der Waals surface area contributed by atoms with Crippen LogP contribution in [0.15, 0.2) is 14.9 Å². The van der Waals surface area contributed by atoms with E-state index >= 15 is 0 Å². The maximum Gasteiger partial charge on any atom is 0.315 e. The van der Waals surface area contributed by atoms with E-state index in [2.05, 4.69) is 29.8 Å². The summed E-state index contributed by atoms with van der Waals surface area (Å²) in [6, 6.07) is 0. The second kappa shape index (κ2) is 3.76. The third kappa shape index (κ3) is 1.53. The van der Waals surface area contributed by atoms with Crippen molar-refractivity contribution in [3.05, 3.63) is 31.8 Å². The first-order valence-corrected chi connectivity index (χ1v) is 2.95. The number of amides is 1. The molecule has 1 aromatic heterocycles. The molecule has 70 valence electrons. The fourth-order valence-electron chi connectivity index (χ4n) is 0.611. The van der Waals surface area contributed by atoms with E-state index in [4.69, 9.17) is 11.1 Å². The molecule has 0 saturated heterocycles. The van der Waals surface area contributed by atoms with Gasteiger partial charge in [-0.3, -0.25) is 9.42 Å². The Balaban J connectivity index is 3.30. The van der Waals surface area contributed by atoms with Crippen molar-refractivity contribution >= 4 is 11.7 Å². The Morgan fingerprint density at radius 1 is 1.57 bits per heavy atom. The van der Waals surface area contributed by atoms with E-state index < -0.39 is 17.4 Å². The number of carbonyl (C=O) groups is 1. The molecule has 0 spiro atoms. The lowest BCUT2D eigenvalue weighted by Crippen LogP contribution is -2.30. The van der Waals surface area contributed by atoms with Crippen LogP contribution in [0.5, 0.6) is 0 Å². The highest BCUT2D eigenvalue weighted by atomic mass is 16.8. The summed E-state index contributed by atoms with van der Waals surface area (Å²) < 4.78 is 3.96. The minimum absolute atomic E-state index is 0.318. The standard InChI is InChI=1S/C3N8O3/c4-9-6-2-1(3(12)7-10-5)11(13)14-8-2. The molecule has 0 bridgehead atoms. The van der Waals surface area contributed by atoms with Crippen LogP contribution in [0.3, 0.4) is 0 Å². The van der Waals surface area contributed by atoms with Crippen molar-refractivity contribution in [1.29, 1.82) is 0 Å². The average Bonchev–Trinajstić information content (AvgIpc) is 2.48. The molecule has 1 aromatic rings. The lowest BCUT2D eigenvalue weighted by molar-refractivity contribution is -0.803. The van der Waals surface area contributed by atoms with Crippen LogP contribution in [0.2, 0.25) is 0 Å². The van der Waals surface area contributed by atoms with Crippen LogP contribution in [0.1, 0.15) is 10.5 Å². The van der Waals surface area contributed by atoms with Crippen molar-refractivity contribution in [1.82, 2.24) is 5.16 Å². The quantitative estimate of drug-likeness (QED) is 0.293. The first-order chi connectivity index (χ1) is 6.70. The number of carbonyl (C=O) groups excluding carboxylic acids is 1. The van der Waals surface area contributed by atoms with E-state index in [0.29, 0.717) is 0 Å². The first-order valence-electron chi connectivity index (χ1n) is 2.95. The molecule has 0 fully saturated rings. The predicted octanol–water partition coefficient (Wildman–Crippen LogP) is 0.700. The Hall–Kier alpha value is -2.77. The SMILES string of the molecule is [N-]=[N+]=NC(=O)c1c(N=[N+]=[N-])no[n+]1[O-]. The van der Waals surface area contributed by atoms with E-state index in [1.165, 1.54) is 0 Å². The summed E-state index contributed by atoms with van der Waals surface area (Å²) in [5, 5.41) is 19.2. The van der Waals surface area contributed by atoms with Gasteiger partial charge in [0.25, 0.3) is 11.6 Å². The fourth-order valence-corrected chi connectivity index (χ4v) is 0.611. The number of hydrogen-bond acceptors (Lipinski definition) is 5. The smallest absolute Gasteiger partial charge is 0.315 e. The van der Waals surface area contributed by atoms with Gasteiger partial charge in [-0.25, -0.2) is 0 Å². The summed E-state index contributed by atoms with van der Waals surface area (Å²) >= 11 is 0. The maximum absolute atomic E-state index is 10.9. The van der Waals surface area contributed by atoms with Gasteiger partial charge in [0.1, 0.15) is 0 Å². The lowest BCUT2D eigenvalue weighted by Gasteiger charge is -1.87. The Kier molecular flexibility index (Phi) is 2.50. The van der Waals surface area contributed by atoms with Crippen molar-refractivity contribution in [2.24, 2.45) is 10.2 Å². The van der Waals surface area contributed by atoms with Gasteiger partial charge in [0.15, 0.2) is 0 Å². The molecule has 0 saturated carbocycles. The van der Waals surface area contributed by atoms with Crippen molar-refractivity contribution in [2.45, 2.75) is 0 Å². The van der Waals surface area contributed by atoms with Crippen LogP contribution < -0.4 is 4.90 Å². The molecule has 11 heteroatoms. The number of rotatable bonds is 2. The molecule has 0 aliphatic heterocycles. The monoisotopic (exact) mass is 196 g/mol. The molecule has 0 unspecified atom stereocenters. The Labute approximate surface area is 74.3 Å². The van der Waals surface area contributed by atoms with Gasteiger partial charge < -0.3 is 5.21 Å². The second-order valence-corrected chi connectivity index (χ2v) is 1.79. The molecule has 0 aliphatic rings. The largest absolute Gasteiger partial charge is 0.359 e. The van der Waals surface area contributed by atoms with Gasteiger partial charge >= 0.3 is 5.82 Å². The molecule has 0 radical (unpaired) electrons. The summed E-state index contributed by atoms with van der Waals surface area (Å²) in [7, 11) is 0. The normalized spacial score (nSPS) is 8.57. The van der Waals surface area contributed by atoms with Gasteiger partial charge in [-0.15, -0.1) is 0 Å². The van der Waals surface area contributed by atoms with Crippen molar-refractivity contribution in [2.75, 3.05) is 0 Å². The third-order valence-corrected chi connectivity index (χ3v) is 1.07. The molecule has 1 amide bonds. The van der Waals surface area contributed by atoms with Crippen LogP contribution in [-0.4, -0.2) is 11.1 Å². The highest BCUT2D eigenvalue weighted by Crippen LogP contribution is 2.12. The van der Waals surface area contributed by atoms with Gasteiger partial charge in [0.05, 0.1) is 0 Å². The minimum Gasteiger partial charge on any atom is -0.359 e. The van der Waals surface area contributed by atoms with Crippen LogP contribution in [0.4, 0.5) is 5.82 Å². The van der Waals surface area contributed by atoms with Gasteiger partial charge in [-0.05, 0) is 26.2 Å². The molecular formula is C3N8O3. The van der Waals surface area contributed by atoms with E-state index in [9.17, 15) is 10.0 Å². The summed E-state index contributed by atoms with van der Waals surface area (Å²) in [5.41, 5.74) is 15.2. The first kappa shape index (κ1) is 9.32. The highest BCUT2D eigenvalue weighted by molar-refractivity contribution is 5.95. The summed E-state index contributed by atoms with van der Waals surface area (Å²) in [6.07, 6.45) is 0. The maximum atomic E-state index is 10.9. The van der Waals surface area contributed by atoms with Crippen molar-refractivity contribution in [3.8, 4) is 0 Å². The van der Waals surface area contributed by atoms with Gasteiger partial charge in [0, 0.05) is 15.0 Å². The van der Waals surface area contributed by atoms with E-state index in [1.807, 2.05) is 0 Å². The van der Waals surface area contributed by atoms with Gasteiger partial charge in [-0.1, -0.05) is 0 Å². The van der Waals surface area contributed by atoms with Crippen molar-refractivity contribution in [3.63, 3.8) is 0 Å². The number of nitrogens with zero attached hydrogens (tertiary/aromatic N) is 8. The van der Waals surface area contributed by atoms with E-state index in [1.54, 1.807) is 0 Å². The topological polar surface area (TPSA) is 168 Å². The number of hydrogen-bond donors (Lipinski definition) is 0. The molecular weight excluding hydrogens is 196 g/mol. The summed E-state index contributed by atoms with van der Waals surface area (Å²) in [5.74, 6) is -1.83. The molecule has 1 rings (SSSR count). The summed E-state index contributed by atoms with van der Waals surface area (Å²) in [6.45, 7) is 0. The fraction of sp³-hybridized carbons (Fsp3) is 0. The number of azide groups is 2. The Morgan fingerprint density at radius 2 is 2.29 bits per heavy atom. The van der Waals surface area contributed by atoms with Crippen LogP contribution >= 0.6 is 0 Å². The zero-order valence-corrected chi connectivity index (χ0v) is 6.30. The van der Waals surface area contributed by atoms with Gasteiger partial charge in [0.2, 0.25) is 0 Å². The lowest BCUT2D eigenvalue weighted by atomic mass is 10.4. The third-order valence-electron chi connectivity index (χ3n) is 1.07. The van der Waals surface area contributed by atoms with E-state index in [0.717, 1.165) is 0 Å². The van der Waals surface area contributed by atoms with Crippen LogP contribution in [0.25, 0.3) is 20.9 Å². The Morgan fingerprint density at radius 3 is 2.86 bits per heavy atom. The van der Waals surface area contributed by atoms with Crippen molar-refractivity contribution < 1.29 is 14.3 Å². The molecule has 14 heavy (non-hydrogen) atoms. The zero-order chi connectivity index (χ0) is 10.6. The van der Waals surface area contributed by atoms with Gasteiger partial charge in [-0.2, -0.15) is 0 Å². The number of aromatic nitrogens is 2. The second-order valence-electron chi connectivity index (χ2n) is 1.79. The predicted molar refractivity (Wildman–Crippen MR) is 37.7 cm³/mol. The molecule has 11 nitrogen and oxygen atoms in total. The minimum atomic E-state index is -1.24. The Bertz CT molecular complexity index is 462. The molecule has 0 aromatic carbocycles. The zero-order valence-electron chi connectivity index (χ0n) is 6.30. The molecule has 0 N–H and O–H groups in total. The molecule has 1 heterocycles. The molecule has 0 atom stereocenters. The highest BCUT2D eigenvalue weighted by Gasteiger charge is 2.24.